The fourth-order valence-corrected chi connectivity index (χ4v) is 5.16. The number of anilines is 1. The van der Waals surface area contributed by atoms with Crippen molar-refractivity contribution in [3.05, 3.63) is 29.1 Å². The molecule has 0 radical (unpaired) electrons. The number of rotatable bonds is 14. The topological polar surface area (TPSA) is 140 Å². The fourth-order valence-electron chi connectivity index (χ4n) is 3.96. The van der Waals surface area contributed by atoms with Gasteiger partial charge in [0, 0.05) is 39.6 Å². The maximum atomic E-state index is 13.6. The quantitative estimate of drug-likeness (QED) is 0.374. The zero-order valence-corrected chi connectivity index (χ0v) is 22.8. The smallest absolute Gasteiger partial charge is 0.240 e. The Bertz CT molecular complexity index is 1070. The minimum absolute atomic E-state index is 0.0224. The lowest BCUT2D eigenvalue weighted by molar-refractivity contribution is 0.00193. The third-order valence-electron chi connectivity index (χ3n) is 5.92. The van der Waals surface area contributed by atoms with E-state index in [-0.39, 0.29) is 24.0 Å². The molecule has 1 aliphatic rings. The first kappa shape index (κ1) is 28.7. The molecule has 3 heterocycles. The van der Waals surface area contributed by atoms with Crippen LogP contribution in [0, 0.1) is 0 Å². The Morgan fingerprint density at radius 2 is 1.94 bits per heavy atom. The molecule has 1 N–H and O–H groups in total. The molecule has 2 aromatic heterocycles. The van der Waals surface area contributed by atoms with Crippen LogP contribution >= 0.6 is 11.6 Å². The van der Waals surface area contributed by atoms with Gasteiger partial charge in [-0.1, -0.05) is 18.5 Å². The van der Waals surface area contributed by atoms with Crippen molar-refractivity contribution in [3.8, 4) is 0 Å². The number of nitrogens with one attached hydrogen (secondary N) is 1. The zero-order chi connectivity index (χ0) is 26.3. The molecule has 14 heteroatoms. The Morgan fingerprint density at radius 3 is 2.53 bits per heavy atom. The van der Waals surface area contributed by atoms with E-state index < -0.39 is 27.6 Å². The van der Waals surface area contributed by atoms with Gasteiger partial charge in [-0.05, 0) is 33.1 Å². The molecular formula is C22H35ClN6O6S. The van der Waals surface area contributed by atoms with Crippen LogP contribution in [0.3, 0.4) is 0 Å². The molecule has 5 atom stereocenters. The van der Waals surface area contributed by atoms with Crippen LogP contribution in [0.5, 0.6) is 0 Å². The summed E-state index contributed by atoms with van der Waals surface area (Å²) in [6.07, 6.45) is 3.79. The van der Waals surface area contributed by atoms with Crippen molar-refractivity contribution in [2.45, 2.75) is 76.2 Å². The van der Waals surface area contributed by atoms with Crippen LogP contribution in [0.2, 0.25) is 5.02 Å². The molecule has 1 saturated heterocycles. The molecule has 0 saturated carbocycles. The van der Waals surface area contributed by atoms with Gasteiger partial charge in [0.25, 0.3) is 0 Å². The van der Waals surface area contributed by atoms with Crippen molar-refractivity contribution in [2.24, 2.45) is 0 Å². The lowest BCUT2D eigenvalue weighted by Gasteiger charge is -2.25. The van der Waals surface area contributed by atoms with E-state index in [0.717, 1.165) is 12.8 Å². The van der Waals surface area contributed by atoms with E-state index in [1.54, 1.807) is 11.7 Å². The summed E-state index contributed by atoms with van der Waals surface area (Å²) in [5, 5.41) is 7.73. The molecule has 2 aromatic rings. The van der Waals surface area contributed by atoms with Gasteiger partial charge in [0.15, 0.2) is 11.6 Å². The molecule has 3 rings (SSSR count). The highest BCUT2D eigenvalue weighted by atomic mass is 35.5. The summed E-state index contributed by atoms with van der Waals surface area (Å²) in [7, 11) is -0.923. The van der Waals surface area contributed by atoms with E-state index in [0.29, 0.717) is 36.9 Å². The molecule has 36 heavy (non-hydrogen) atoms. The van der Waals surface area contributed by atoms with Gasteiger partial charge in [-0.3, -0.25) is 9.29 Å². The number of ether oxygens (including phenoxy) is 4. The lowest BCUT2D eigenvalue weighted by Crippen LogP contribution is -2.34. The van der Waals surface area contributed by atoms with Gasteiger partial charge in [0.1, 0.15) is 23.7 Å². The Hall–Kier alpha value is -1.90. The fraction of sp³-hybridized carbons (Fsp3) is 0.727. The van der Waals surface area contributed by atoms with Gasteiger partial charge in [0.05, 0.1) is 17.7 Å². The Morgan fingerprint density at radius 1 is 1.22 bits per heavy atom. The van der Waals surface area contributed by atoms with Crippen LogP contribution < -0.4 is 4.72 Å². The minimum atomic E-state index is -4.05. The first-order chi connectivity index (χ1) is 17.2. The summed E-state index contributed by atoms with van der Waals surface area (Å²) < 4.78 is 54.1. The summed E-state index contributed by atoms with van der Waals surface area (Å²) in [5.74, 6) is 0.734. The Balaban J connectivity index is 1.94. The van der Waals surface area contributed by atoms with E-state index in [9.17, 15) is 8.42 Å². The monoisotopic (exact) mass is 546 g/mol. The number of methoxy groups -OCH3 is 2. The normalized spacial score (nSPS) is 20.8. The number of halogens is 1. The first-order valence-electron chi connectivity index (χ1n) is 11.9. The van der Waals surface area contributed by atoms with Crippen molar-refractivity contribution in [3.63, 3.8) is 0 Å². The van der Waals surface area contributed by atoms with Gasteiger partial charge in [-0.15, -0.1) is 10.2 Å². The number of nitrogens with zero attached hydrogens (tertiary/aromatic N) is 5. The van der Waals surface area contributed by atoms with Crippen molar-refractivity contribution in [1.82, 2.24) is 24.7 Å². The van der Waals surface area contributed by atoms with Gasteiger partial charge in [-0.2, -0.15) is 0 Å². The van der Waals surface area contributed by atoms with E-state index in [2.05, 4.69) is 24.9 Å². The number of aromatic nitrogens is 5. The second-order valence-corrected chi connectivity index (χ2v) is 11.1. The highest BCUT2D eigenvalue weighted by Gasteiger charge is 2.37. The highest BCUT2D eigenvalue weighted by molar-refractivity contribution is 7.93. The average molecular weight is 547 g/mol. The molecule has 1 unspecified atom stereocenters. The maximum absolute atomic E-state index is 13.6. The van der Waals surface area contributed by atoms with Gasteiger partial charge >= 0.3 is 0 Å². The van der Waals surface area contributed by atoms with Crippen molar-refractivity contribution >= 4 is 27.6 Å². The van der Waals surface area contributed by atoms with Crippen LogP contribution in [0.15, 0.2) is 12.4 Å². The average Bonchev–Trinajstić information content (AvgIpc) is 3.46. The van der Waals surface area contributed by atoms with E-state index in [4.69, 9.17) is 30.5 Å². The SMILES string of the molecule is CCCO[C@@H](c1ncc(Cl)cn1)[C@H](C)S(=O)(=O)Nc1nnc([C@@H]2CC[C@H](C)O2)n1C(CCOC)OC. The number of sulfonamides is 1. The maximum Gasteiger partial charge on any atom is 0.240 e. The molecule has 1 aliphatic heterocycles. The van der Waals surface area contributed by atoms with Crippen molar-refractivity contribution in [2.75, 3.05) is 32.2 Å². The van der Waals surface area contributed by atoms with Crippen LogP contribution in [0.4, 0.5) is 5.95 Å². The van der Waals surface area contributed by atoms with E-state index >= 15 is 0 Å². The van der Waals surface area contributed by atoms with Crippen molar-refractivity contribution in [1.29, 1.82) is 0 Å². The van der Waals surface area contributed by atoms with Crippen LogP contribution in [-0.2, 0) is 29.0 Å². The number of hydrogen-bond acceptors (Lipinski definition) is 10. The number of hydrogen-bond donors (Lipinski definition) is 1. The largest absolute Gasteiger partial charge is 0.385 e. The molecule has 12 nitrogen and oxygen atoms in total. The summed E-state index contributed by atoms with van der Waals surface area (Å²) in [6.45, 7) is 6.17. The third-order valence-corrected chi connectivity index (χ3v) is 7.81. The molecule has 0 bridgehead atoms. The van der Waals surface area contributed by atoms with E-state index in [1.807, 2.05) is 13.8 Å². The molecule has 0 aromatic carbocycles. The highest BCUT2D eigenvalue weighted by Crippen LogP contribution is 2.35. The van der Waals surface area contributed by atoms with E-state index in [1.165, 1.54) is 26.4 Å². The second-order valence-electron chi connectivity index (χ2n) is 8.64. The molecular weight excluding hydrogens is 512 g/mol. The summed E-state index contributed by atoms with van der Waals surface area (Å²) in [6, 6.07) is 0. The Kier molecular flexibility index (Phi) is 10.4. The molecule has 0 aliphatic carbocycles. The summed E-state index contributed by atoms with van der Waals surface area (Å²) in [5.41, 5.74) is 0. The van der Waals surface area contributed by atoms with Crippen LogP contribution in [0.1, 0.15) is 76.5 Å². The summed E-state index contributed by atoms with van der Waals surface area (Å²) >= 11 is 5.91. The van der Waals surface area contributed by atoms with Gasteiger partial charge in [-0.25, -0.2) is 18.4 Å². The predicted molar refractivity (Wildman–Crippen MR) is 133 cm³/mol. The zero-order valence-electron chi connectivity index (χ0n) is 21.3. The van der Waals surface area contributed by atoms with Gasteiger partial charge < -0.3 is 18.9 Å². The molecule has 0 spiro atoms. The van der Waals surface area contributed by atoms with Crippen LogP contribution in [-0.4, -0.2) is 71.9 Å². The third kappa shape index (κ3) is 6.90. The van der Waals surface area contributed by atoms with Gasteiger partial charge in [0.2, 0.25) is 16.0 Å². The molecule has 0 amide bonds. The van der Waals surface area contributed by atoms with Crippen LogP contribution in [0.25, 0.3) is 0 Å². The minimum Gasteiger partial charge on any atom is -0.385 e. The van der Waals surface area contributed by atoms with Crippen molar-refractivity contribution < 1.29 is 27.4 Å². The second kappa shape index (κ2) is 13.1. The first-order valence-corrected chi connectivity index (χ1v) is 13.9. The molecule has 202 valence electrons. The lowest BCUT2D eigenvalue weighted by atomic mass is 10.2. The Labute approximate surface area is 217 Å². The predicted octanol–water partition coefficient (Wildman–Crippen LogP) is 3.44. The standard InChI is InChI=1S/C22H35ClN6O6S/c1-6-10-34-19(20-24-12-16(23)13-25-20)15(3)36(30,31)28-22-27-26-21(17-8-7-14(2)35-17)29(22)18(33-5)9-11-32-4/h12-15,17-19H,6-11H2,1-5H3,(H,27,28)/t14-,15-,17-,18?,19+/m0/s1. The molecule has 1 fully saturated rings. The summed E-state index contributed by atoms with van der Waals surface area (Å²) in [4.78, 5) is 8.37.